The second kappa shape index (κ2) is 8.19. The fourth-order valence-electron chi connectivity index (χ4n) is 3.55. The molecule has 0 fully saturated rings. The van der Waals surface area contributed by atoms with Crippen LogP contribution in [0.15, 0.2) is 42.5 Å². The molecule has 0 spiro atoms. The molecule has 134 valence electrons. The summed E-state index contributed by atoms with van der Waals surface area (Å²) in [5.74, 6) is -1.19. The van der Waals surface area contributed by atoms with Crippen molar-refractivity contribution in [3.8, 4) is 5.75 Å². The molecule has 0 aromatic heterocycles. The molecule has 0 saturated carbocycles. The maximum Gasteiger partial charge on any atom is 0.339 e. The van der Waals surface area contributed by atoms with Crippen molar-refractivity contribution in [1.82, 2.24) is 0 Å². The van der Waals surface area contributed by atoms with E-state index < -0.39 is 11.4 Å². The lowest BCUT2D eigenvalue weighted by Gasteiger charge is -2.32. The quantitative estimate of drug-likeness (QED) is 0.608. The van der Waals surface area contributed by atoms with Crippen molar-refractivity contribution in [2.24, 2.45) is 0 Å². The summed E-state index contributed by atoms with van der Waals surface area (Å²) in [5.41, 5.74) is 1.96. The van der Waals surface area contributed by atoms with Crippen LogP contribution in [0.25, 0.3) is 0 Å². The zero-order chi connectivity index (χ0) is 18.4. The number of carboxylic acids is 1. The average molecular weight is 340 g/mol. The van der Waals surface area contributed by atoms with Gasteiger partial charge < -0.3 is 10.2 Å². The molecule has 1 atom stereocenters. The first kappa shape index (κ1) is 19.0. The smallest absolute Gasteiger partial charge is 0.339 e. The zero-order valence-electron chi connectivity index (χ0n) is 15.4. The summed E-state index contributed by atoms with van der Waals surface area (Å²) >= 11 is 0. The molecular weight excluding hydrogens is 312 g/mol. The molecule has 2 rings (SSSR count). The first-order valence-electron chi connectivity index (χ1n) is 9.03. The number of phenols is 1. The third-order valence-corrected chi connectivity index (χ3v) is 5.14. The molecule has 0 amide bonds. The first-order valence-corrected chi connectivity index (χ1v) is 9.03. The van der Waals surface area contributed by atoms with E-state index in [9.17, 15) is 15.0 Å². The number of hydrogen-bond donors (Lipinski definition) is 2. The van der Waals surface area contributed by atoms with Crippen LogP contribution in [0.3, 0.4) is 0 Å². The highest BCUT2D eigenvalue weighted by molar-refractivity contribution is 5.93. The van der Waals surface area contributed by atoms with Crippen molar-refractivity contribution in [3.63, 3.8) is 0 Å². The Kier molecular flexibility index (Phi) is 6.24. The fraction of sp³-hybridized carbons (Fsp3) is 0.409. The second-order valence-electron chi connectivity index (χ2n) is 6.97. The lowest BCUT2D eigenvalue weighted by atomic mass is 9.71. The van der Waals surface area contributed by atoms with Gasteiger partial charge in [-0.3, -0.25) is 0 Å². The minimum atomic E-state index is -1.08. The molecule has 0 saturated heterocycles. The van der Waals surface area contributed by atoms with Crippen LogP contribution in [-0.2, 0) is 5.41 Å². The molecule has 3 heteroatoms. The summed E-state index contributed by atoms with van der Waals surface area (Å²) in [6.07, 6.45) is 5.39. The van der Waals surface area contributed by atoms with Gasteiger partial charge >= 0.3 is 5.97 Å². The van der Waals surface area contributed by atoms with Gasteiger partial charge in [-0.05, 0) is 24.5 Å². The van der Waals surface area contributed by atoms with Gasteiger partial charge in [-0.1, -0.05) is 82.0 Å². The van der Waals surface area contributed by atoms with Crippen LogP contribution in [-0.4, -0.2) is 16.2 Å². The lowest BCUT2D eigenvalue weighted by molar-refractivity contribution is 0.0692. The van der Waals surface area contributed by atoms with E-state index in [1.54, 1.807) is 13.0 Å². The molecule has 1 unspecified atom stereocenters. The Morgan fingerprint density at radius 2 is 1.72 bits per heavy atom. The number of aromatic carboxylic acids is 1. The molecule has 0 heterocycles. The summed E-state index contributed by atoms with van der Waals surface area (Å²) in [4.78, 5) is 11.6. The van der Waals surface area contributed by atoms with Gasteiger partial charge in [0.1, 0.15) is 11.3 Å². The third kappa shape index (κ3) is 4.04. The summed E-state index contributed by atoms with van der Waals surface area (Å²) < 4.78 is 0. The van der Waals surface area contributed by atoms with E-state index in [1.165, 1.54) is 12.8 Å². The molecule has 2 N–H and O–H groups in total. The molecule has 0 aliphatic heterocycles. The lowest BCUT2D eigenvalue weighted by Crippen LogP contribution is -2.24. The Morgan fingerprint density at radius 1 is 1.04 bits per heavy atom. The van der Waals surface area contributed by atoms with E-state index in [2.05, 4.69) is 26.0 Å². The number of carbonyl (C=O) groups is 1. The van der Waals surface area contributed by atoms with E-state index in [4.69, 9.17) is 0 Å². The van der Waals surface area contributed by atoms with Crippen LogP contribution < -0.4 is 0 Å². The molecule has 0 radical (unpaired) electrons. The molecule has 0 aliphatic rings. The summed E-state index contributed by atoms with van der Waals surface area (Å²) in [6.45, 7) is 6.00. The minimum absolute atomic E-state index is 0.00761. The highest BCUT2D eigenvalue weighted by Gasteiger charge is 2.33. The molecule has 0 bridgehead atoms. The molecule has 0 aliphatic carbocycles. The van der Waals surface area contributed by atoms with Crippen molar-refractivity contribution in [1.29, 1.82) is 0 Å². The number of unbranched alkanes of at least 4 members (excludes halogenated alkanes) is 3. The van der Waals surface area contributed by atoms with Gasteiger partial charge in [0.15, 0.2) is 0 Å². The van der Waals surface area contributed by atoms with Crippen LogP contribution in [0.1, 0.15) is 73.0 Å². The third-order valence-electron chi connectivity index (χ3n) is 5.14. The Labute approximate surface area is 150 Å². The summed E-state index contributed by atoms with van der Waals surface area (Å²) in [5, 5.41) is 20.3. The molecule has 2 aromatic rings. The van der Waals surface area contributed by atoms with E-state index in [0.717, 1.165) is 24.8 Å². The first-order chi connectivity index (χ1) is 11.9. The van der Waals surface area contributed by atoms with E-state index in [1.807, 2.05) is 24.3 Å². The van der Waals surface area contributed by atoms with Gasteiger partial charge in [0.25, 0.3) is 0 Å². The number of aryl methyl sites for hydroxylation is 1. The minimum Gasteiger partial charge on any atom is -0.507 e. The molecular formula is C22H28O3. The number of aromatic hydroxyl groups is 1. The Hall–Kier alpha value is -2.29. The molecule has 3 nitrogen and oxygen atoms in total. The maximum atomic E-state index is 11.6. The molecule has 2 aromatic carbocycles. The van der Waals surface area contributed by atoms with Gasteiger partial charge in [0, 0.05) is 11.0 Å². The second-order valence-corrected chi connectivity index (χ2v) is 6.97. The summed E-state index contributed by atoms with van der Waals surface area (Å²) in [6, 6.07) is 13.7. The highest BCUT2D eigenvalue weighted by Crippen LogP contribution is 2.43. The van der Waals surface area contributed by atoms with Gasteiger partial charge in [-0.15, -0.1) is 0 Å². The Bertz CT molecular complexity index is 722. The van der Waals surface area contributed by atoms with Crippen LogP contribution in [0.4, 0.5) is 0 Å². The highest BCUT2D eigenvalue weighted by atomic mass is 16.4. The molecule has 25 heavy (non-hydrogen) atoms. The normalized spacial score (nSPS) is 13.4. The van der Waals surface area contributed by atoms with Gasteiger partial charge in [-0.2, -0.15) is 0 Å². The fourth-order valence-corrected chi connectivity index (χ4v) is 3.55. The van der Waals surface area contributed by atoms with Crippen LogP contribution in [0.5, 0.6) is 5.75 Å². The van der Waals surface area contributed by atoms with Gasteiger partial charge in [0.05, 0.1) is 0 Å². The van der Waals surface area contributed by atoms with Gasteiger partial charge in [0.2, 0.25) is 0 Å². The standard InChI is InChI=1S/C22H28O3/c1-4-5-6-10-15-22(3,17-11-8-7-9-12-17)18-14-13-16(2)19(20(18)23)21(24)25/h7-9,11-14,23H,4-6,10,15H2,1-3H3,(H,24,25). The van der Waals surface area contributed by atoms with E-state index >= 15 is 0 Å². The van der Waals surface area contributed by atoms with Crippen LogP contribution in [0, 0.1) is 6.92 Å². The Balaban J connectivity index is 2.53. The SMILES string of the molecule is CCCCCCC(C)(c1ccccc1)c1ccc(C)c(C(=O)O)c1O. The predicted molar refractivity (Wildman–Crippen MR) is 101 cm³/mol. The topological polar surface area (TPSA) is 57.5 Å². The summed E-state index contributed by atoms with van der Waals surface area (Å²) in [7, 11) is 0. The largest absolute Gasteiger partial charge is 0.507 e. The van der Waals surface area contributed by atoms with Crippen molar-refractivity contribution in [3.05, 3.63) is 64.7 Å². The number of rotatable bonds is 8. The van der Waals surface area contributed by atoms with Gasteiger partial charge in [-0.25, -0.2) is 4.79 Å². The zero-order valence-corrected chi connectivity index (χ0v) is 15.4. The van der Waals surface area contributed by atoms with E-state index in [-0.39, 0.29) is 11.3 Å². The van der Waals surface area contributed by atoms with Crippen LogP contribution in [0.2, 0.25) is 0 Å². The Morgan fingerprint density at radius 3 is 2.32 bits per heavy atom. The van der Waals surface area contributed by atoms with E-state index in [0.29, 0.717) is 11.1 Å². The van der Waals surface area contributed by atoms with Crippen molar-refractivity contribution < 1.29 is 15.0 Å². The monoisotopic (exact) mass is 340 g/mol. The predicted octanol–water partition coefficient (Wildman–Crippen LogP) is 5.68. The number of hydrogen-bond acceptors (Lipinski definition) is 2. The van der Waals surface area contributed by atoms with Crippen molar-refractivity contribution in [2.75, 3.05) is 0 Å². The van der Waals surface area contributed by atoms with Crippen LogP contribution >= 0.6 is 0 Å². The van der Waals surface area contributed by atoms with Crippen molar-refractivity contribution >= 4 is 5.97 Å². The number of carboxylic acid groups (broad SMARTS) is 1. The van der Waals surface area contributed by atoms with Crippen molar-refractivity contribution in [2.45, 2.75) is 58.3 Å². The number of benzene rings is 2. The average Bonchev–Trinajstić information content (AvgIpc) is 2.59. The maximum absolute atomic E-state index is 11.6.